The van der Waals surface area contributed by atoms with Gasteiger partial charge in [-0.25, -0.2) is 0 Å². The second-order valence-electron chi connectivity index (χ2n) is 6.01. The van der Waals surface area contributed by atoms with Gasteiger partial charge in [0, 0.05) is 27.9 Å². The van der Waals surface area contributed by atoms with Crippen LogP contribution in [0.4, 0.5) is 5.69 Å². The van der Waals surface area contributed by atoms with E-state index in [0.29, 0.717) is 22.0 Å². The number of halogens is 1. The van der Waals surface area contributed by atoms with Crippen molar-refractivity contribution >= 4 is 28.8 Å². The van der Waals surface area contributed by atoms with Gasteiger partial charge in [-0.1, -0.05) is 48.0 Å². The number of ether oxygens (including phenoxy) is 2. The Morgan fingerprint density at radius 1 is 0.929 bits per heavy atom. The molecular weight excluding hydrogens is 374 g/mol. The normalized spacial score (nSPS) is 11.0. The first-order chi connectivity index (χ1) is 13.6. The third kappa shape index (κ3) is 4.53. The molecule has 0 heterocycles. The van der Waals surface area contributed by atoms with Crippen molar-refractivity contribution in [1.29, 1.82) is 0 Å². The van der Waals surface area contributed by atoms with Crippen LogP contribution in [0.15, 0.2) is 79.1 Å². The molecule has 28 heavy (non-hydrogen) atoms. The molecule has 0 spiro atoms. The lowest BCUT2D eigenvalue weighted by Gasteiger charge is -2.14. The highest BCUT2D eigenvalue weighted by Crippen LogP contribution is 2.28. The maximum absolute atomic E-state index is 13.0. The van der Waals surface area contributed by atoms with Crippen LogP contribution < -0.4 is 10.1 Å². The standard InChI is InChI=1S/C23H20ClNO3/c1-27-15-22(16-10-12-17(24)13-11-16)20-8-3-4-9-21(20)23(26)25-18-6-5-7-19(14-18)28-2/h3-15H,1-2H3,(H,25,26)/b22-15+. The molecule has 1 N–H and O–H groups in total. The Labute approximate surface area is 169 Å². The van der Waals surface area contributed by atoms with Gasteiger partial charge in [0.15, 0.2) is 0 Å². The molecule has 0 aliphatic rings. The van der Waals surface area contributed by atoms with Crippen molar-refractivity contribution in [2.75, 3.05) is 19.5 Å². The van der Waals surface area contributed by atoms with E-state index in [4.69, 9.17) is 21.1 Å². The van der Waals surface area contributed by atoms with Crippen molar-refractivity contribution in [3.05, 3.63) is 101 Å². The molecular formula is C23H20ClNO3. The monoisotopic (exact) mass is 393 g/mol. The smallest absolute Gasteiger partial charge is 0.256 e. The summed E-state index contributed by atoms with van der Waals surface area (Å²) in [4.78, 5) is 13.0. The van der Waals surface area contributed by atoms with Crippen molar-refractivity contribution in [1.82, 2.24) is 0 Å². The predicted molar refractivity (Wildman–Crippen MR) is 113 cm³/mol. The minimum atomic E-state index is -0.222. The highest BCUT2D eigenvalue weighted by Gasteiger charge is 2.16. The third-order valence-electron chi connectivity index (χ3n) is 4.18. The highest BCUT2D eigenvalue weighted by molar-refractivity contribution is 6.30. The van der Waals surface area contributed by atoms with Gasteiger partial charge in [0.2, 0.25) is 0 Å². The van der Waals surface area contributed by atoms with E-state index < -0.39 is 0 Å². The lowest BCUT2D eigenvalue weighted by Crippen LogP contribution is -2.14. The number of amides is 1. The molecule has 0 saturated carbocycles. The van der Waals surface area contributed by atoms with Crippen LogP contribution in [-0.4, -0.2) is 20.1 Å². The number of carbonyl (C=O) groups is 1. The molecule has 0 bridgehead atoms. The Bertz CT molecular complexity index is 997. The summed E-state index contributed by atoms with van der Waals surface area (Å²) in [6, 6.07) is 22.0. The lowest BCUT2D eigenvalue weighted by atomic mass is 9.94. The Morgan fingerprint density at radius 3 is 2.32 bits per heavy atom. The van der Waals surface area contributed by atoms with E-state index in [1.807, 2.05) is 48.5 Å². The lowest BCUT2D eigenvalue weighted by molar-refractivity contribution is 0.102. The van der Waals surface area contributed by atoms with Gasteiger partial charge in [-0.15, -0.1) is 0 Å². The topological polar surface area (TPSA) is 47.6 Å². The molecule has 0 aliphatic carbocycles. The summed E-state index contributed by atoms with van der Waals surface area (Å²) in [5.41, 5.74) is 3.63. The number of methoxy groups -OCH3 is 2. The van der Waals surface area contributed by atoms with Gasteiger partial charge in [-0.3, -0.25) is 4.79 Å². The van der Waals surface area contributed by atoms with E-state index in [9.17, 15) is 4.79 Å². The van der Waals surface area contributed by atoms with Gasteiger partial charge in [0.05, 0.1) is 20.5 Å². The zero-order valence-electron chi connectivity index (χ0n) is 15.6. The van der Waals surface area contributed by atoms with Crippen molar-refractivity contribution in [3.63, 3.8) is 0 Å². The van der Waals surface area contributed by atoms with Gasteiger partial charge >= 0.3 is 0 Å². The van der Waals surface area contributed by atoms with Crippen LogP contribution in [0, 0.1) is 0 Å². The maximum atomic E-state index is 13.0. The largest absolute Gasteiger partial charge is 0.504 e. The van der Waals surface area contributed by atoms with Crippen LogP contribution in [0.5, 0.6) is 5.75 Å². The fourth-order valence-electron chi connectivity index (χ4n) is 2.85. The Morgan fingerprint density at radius 2 is 1.64 bits per heavy atom. The number of carbonyl (C=O) groups excluding carboxylic acids is 1. The fraction of sp³-hybridized carbons (Fsp3) is 0.0870. The first kappa shape index (κ1) is 19.5. The third-order valence-corrected chi connectivity index (χ3v) is 4.43. The van der Waals surface area contributed by atoms with E-state index in [1.165, 1.54) is 0 Å². The number of nitrogens with one attached hydrogen (secondary N) is 1. The highest BCUT2D eigenvalue weighted by atomic mass is 35.5. The molecule has 0 unspecified atom stereocenters. The van der Waals surface area contributed by atoms with Crippen LogP contribution in [0.25, 0.3) is 5.57 Å². The molecule has 3 aromatic carbocycles. The average molecular weight is 394 g/mol. The summed E-state index contributed by atoms with van der Waals surface area (Å²) in [5, 5.41) is 3.57. The van der Waals surface area contributed by atoms with Crippen LogP contribution in [0.3, 0.4) is 0 Å². The van der Waals surface area contributed by atoms with E-state index in [2.05, 4.69) is 5.32 Å². The molecule has 0 aromatic heterocycles. The predicted octanol–water partition coefficient (Wildman–Crippen LogP) is 5.64. The summed E-state index contributed by atoms with van der Waals surface area (Å²) in [5.74, 6) is 0.451. The van der Waals surface area contributed by atoms with Gasteiger partial charge < -0.3 is 14.8 Å². The molecule has 0 radical (unpaired) electrons. The van der Waals surface area contributed by atoms with Gasteiger partial charge in [0.25, 0.3) is 5.91 Å². The quantitative estimate of drug-likeness (QED) is 0.551. The molecule has 142 valence electrons. The van der Waals surface area contributed by atoms with Crippen LogP contribution in [-0.2, 0) is 4.74 Å². The zero-order chi connectivity index (χ0) is 19.9. The number of benzene rings is 3. The maximum Gasteiger partial charge on any atom is 0.256 e. The Hall–Kier alpha value is -3.24. The molecule has 0 atom stereocenters. The average Bonchev–Trinajstić information content (AvgIpc) is 2.73. The number of anilines is 1. The summed E-state index contributed by atoms with van der Waals surface area (Å²) >= 11 is 6.01. The fourth-order valence-corrected chi connectivity index (χ4v) is 2.98. The molecule has 4 nitrogen and oxygen atoms in total. The number of hydrogen-bond donors (Lipinski definition) is 1. The first-order valence-electron chi connectivity index (χ1n) is 8.66. The van der Waals surface area contributed by atoms with E-state index in [-0.39, 0.29) is 5.91 Å². The van der Waals surface area contributed by atoms with Crippen molar-refractivity contribution in [2.24, 2.45) is 0 Å². The molecule has 3 aromatic rings. The van der Waals surface area contributed by atoms with Crippen molar-refractivity contribution < 1.29 is 14.3 Å². The molecule has 5 heteroatoms. The van der Waals surface area contributed by atoms with E-state index in [1.54, 1.807) is 44.7 Å². The van der Waals surface area contributed by atoms with Crippen LogP contribution in [0.1, 0.15) is 21.5 Å². The molecule has 0 aliphatic heterocycles. The molecule has 0 saturated heterocycles. The van der Waals surface area contributed by atoms with Gasteiger partial charge in [-0.05, 0) is 41.5 Å². The minimum absolute atomic E-state index is 0.222. The second kappa shape index (κ2) is 9.11. The molecule has 3 rings (SSSR count). The van der Waals surface area contributed by atoms with Crippen molar-refractivity contribution in [2.45, 2.75) is 0 Å². The summed E-state index contributed by atoms with van der Waals surface area (Å²) in [6.45, 7) is 0. The van der Waals surface area contributed by atoms with Crippen molar-refractivity contribution in [3.8, 4) is 5.75 Å². The van der Waals surface area contributed by atoms with Gasteiger partial charge in [0.1, 0.15) is 5.75 Å². The van der Waals surface area contributed by atoms with E-state index >= 15 is 0 Å². The Kier molecular flexibility index (Phi) is 6.35. The first-order valence-corrected chi connectivity index (χ1v) is 9.04. The molecule has 1 amide bonds. The SMILES string of the molecule is CO/C=C(\c1ccc(Cl)cc1)c1ccccc1C(=O)Nc1cccc(OC)c1. The second-order valence-corrected chi connectivity index (χ2v) is 6.44. The number of hydrogen-bond acceptors (Lipinski definition) is 3. The van der Waals surface area contributed by atoms with Crippen LogP contribution in [0.2, 0.25) is 5.02 Å². The zero-order valence-corrected chi connectivity index (χ0v) is 16.4. The minimum Gasteiger partial charge on any atom is -0.504 e. The van der Waals surface area contributed by atoms with Gasteiger partial charge in [-0.2, -0.15) is 0 Å². The summed E-state index contributed by atoms with van der Waals surface area (Å²) in [6.07, 6.45) is 1.63. The van der Waals surface area contributed by atoms with E-state index in [0.717, 1.165) is 16.7 Å². The molecule has 0 fully saturated rings. The number of rotatable bonds is 6. The summed E-state index contributed by atoms with van der Waals surface area (Å²) in [7, 11) is 3.17. The summed E-state index contributed by atoms with van der Waals surface area (Å²) < 4.78 is 10.5. The van der Waals surface area contributed by atoms with Crippen LogP contribution >= 0.6 is 11.6 Å². The Balaban J connectivity index is 1.98.